The lowest BCUT2D eigenvalue weighted by atomic mass is 10.1. The van der Waals surface area contributed by atoms with Gasteiger partial charge in [-0.25, -0.2) is 0 Å². The van der Waals surface area contributed by atoms with Crippen LogP contribution in [0.1, 0.15) is 37.7 Å². The standard InChI is InChI=1S/C16H21NOS/c17-12-14-6-8-16(9-7-14)18-10-3-11-19-13-15-4-1-2-5-15/h6-9,15H,1-5,10-11,13H2. The van der Waals surface area contributed by atoms with Gasteiger partial charge in [0.25, 0.3) is 0 Å². The van der Waals surface area contributed by atoms with Gasteiger partial charge in [0, 0.05) is 0 Å². The molecule has 19 heavy (non-hydrogen) atoms. The van der Waals surface area contributed by atoms with Crippen LogP contribution in [-0.2, 0) is 0 Å². The number of nitrogens with zero attached hydrogens (tertiary/aromatic N) is 1. The molecular formula is C16H21NOS. The predicted molar refractivity (Wildman–Crippen MR) is 80.6 cm³/mol. The summed E-state index contributed by atoms with van der Waals surface area (Å²) in [5.41, 5.74) is 0.680. The average Bonchev–Trinajstić information content (AvgIpc) is 2.96. The van der Waals surface area contributed by atoms with E-state index in [1.54, 1.807) is 12.1 Å². The van der Waals surface area contributed by atoms with Crippen LogP contribution in [0.15, 0.2) is 24.3 Å². The largest absolute Gasteiger partial charge is 0.494 e. The second kappa shape index (κ2) is 8.12. The molecule has 3 heteroatoms. The molecule has 0 aromatic heterocycles. The first-order valence-electron chi connectivity index (χ1n) is 7.09. The van der Waals surface area contributed by atoms with Crippen molar-refractivity contribution in [2.24, 2.45) is 5.92 Å². The monoisotopic (exact) mass is 275 g/mol. The predicted octanol–water partition coefficient (Wildman–Crippen LogP) is 4.25. The average molecular weight is 275 g/mol. The highest BCUT2D eigenvalue weighted by Crippen LogP contribution is 2.27. The van der Waals surface area contributed by atoms with E-state index in [4.69, 9.17) is 10.00 Å². The number of thioether (sulfide) groups is 1. The normalized spacial score (nSPS) is 15.3. The van der Waals surface area contributed by atoms with Crippen molar-refractivity contribution in [1.82, 2.24) is 0 Å². The van der Waals surface area contributed by atoms with Gasteiger partial charge in [-0.2, -0.15) is 17.0 Å². The molecule has 0 radical (unpaired) electrons. The van der Waals surface area contributed by atoms with Crippen LogP contribution in [0, 0.1) is 17.2 Å². The molecule has 2 nitrogen and oxygen atoms in total. The van der Waals surface area contributed by atoms with E-state index in [2.05, 4.69) is 17.8 Å². The Kier molecular flexibility index (Phi) is 6.10. The van der Waals surface area contributed by atoms with Crippen LogP contribution < -0.4 is 4.74 Å². The number of benzene rings is 1. The van der Waals surface area contributed by atoms with Gasteiger partial charge in [0.1, 0.15) is 5.75 Å². The minimum absolute atomic E-state index is 0.680. The maximum atomic E-state index is 8.70. The van der Waals surface area contributed by atoms with Crippen molar-refractivity contribution in [2.75, 3.05) is 18.1 Å². The molecule has 0 amide bonds. The maximum Gasteiger partial charge on any atom is 0.119 e. The van der Waals surface area contributed by atoms with E-state index in [1.807, 2.05) is 12.1 Å². The molecule has 1 aromatic rings. The smallest absolute Gasteiger partial charge is 0.119 e. The summed E-state index contributed by atoms with van der Waals surface area (Å²) in [6.07, 6.45) is 6.85. The Morgan fingerprint density at radius 1 is 1.21 bits per heavy atom. The van der Waals surface area contributed by atoms with Gasteiger partial charge >= 0.3 is 0 Å². The summed E-state index contributed by atoms with van der Waals surface area (Å²) in [7, 11) is 0. The minimum atomic E-state index is 0.680. The van der Waals surface area contributed by atoms with Crippen LogP contribution >= 0.6 is 11.8 Å². The molecule has 0 bridgehead atoms. The summed E-state index contributed by atoms with van der Waals surface area (Å²) in [6, 6.07) is 9.43. The Morgan fingerprint density at radius 3 is 2.63 bits per heavy atom. The molecule has 1 aliphatic carbocycles. The lowest BCUT2D eigenvalue weighted by Crippen LogP contribution is -2.01. The topological polar surface area (TPSA) is 33.0 Å². The fraction of sp³-hybridized carbons (Fsp3) is 0.562. The minimum Gasteiger partial charge on any atom is -0.494 e. The lowest BCUT2D eigenvalue weighted by molar-refractivity contribution is 0.318. The first kappa shape index (κ1) is 14.3. The van der Waals surface area contributed by atoms with E-state index in [9.17, 15) is 0 Å². The van der Waals surface area contributed by atoms with Gasteiger partial charge < -0.3 is 4.74 Å². The van der Waals surface area contributed by atoms with Gasteiger partial charge in [-0.05, 0) is 61.0 Å². The Labute approximate surface area is 120 Å². The number of hydrogen-bond acceptors (Lipinski definition) is 3. The molecular weight excluding hydrogens is 254 g/mol. The van der Waals surface area contributed by atoms with E-state index >= 15 is 0 Å². The first-order chi connectivity index (χ1) is 9.38. The van der Waals surface area contributed by atoms with E-state index in [0.29, 0.717) is 5.56 Å². The SMILES string of the molecule is N#Cc1ccc(OCCCSCC2CCCC2)cc1. The summed E-state index contributed by atoms with van der Waals surface area (Å²) in [4.78, 5) is 0. The summed E-state index contributed by atoms with van der Waals surface area (Å²) < 4.78 is 5.65. The van der Waals surface area contributed by atoms with Crippen molar-refractivity contribution in [3.05, 3.63) is 29.8 Å². The molecule has 0 aliphatic heterocycles. The van der Waals surface area contributed by atoms with Crippen LogP contribution in [0.5, 0.6) is 5.75 Å². The van der Waals surface area contributed by atoms with Gasteiger partial charge in [-0.15, -0.1) is 0 Å². The summed E-state index contributed by atoms with van der Waals surface area (Å²) in [6.45, 7) is 0.767. The second-order valence-electron chi connectivity index (χ2n) is 5.06. The highest BCUT2D eigenvalue weighted by atomic mass is 32.2. The number of nitriles is 1. The molecule has 1 saturated carbocycles. The van der Waals surface area contributed by atoms with Crippen LogP contribution in [0.25, 0.3) is 0 Å². The molecule has 1 aromatic carbocycles. The fourth-order valence-electron chi connectivity index (χ4n) is 2.40. The number of ether oxygens (including phenoxy) is 1. The fourth-order valence-corrected chi connectivity index (χ4v) is 3.56. The molecule has 0 spiro atoms. The van der Waals surface area contributed by atoms with Gasteiger partial charge in [-0.1, -0.05) is 12.8 Å². The van der Waals surface area contributed by atoms with Crippen LogP contribution in [0.3, 0.4) is 0 Å². The Balaban J connectivity index is 1.52. The quantitative estimate of drug-likeness (QED) is 0.697. The lowest BCUT2D eigenvalue weighted by Gasteiger charge is -2.09. The molecule has 102 valence electrons. The van der Waals surface area contributed by atoms with Crippen LogP contribution in [0.4, 0.5) is 0 Å². The van der Waals surface area contributed by atoms with Crippen molar-refractivity contribution in [3.8, 4) is 11.8 Å². The Hall–Kier alpha value is -1.14. The molecule has 0 N–H and O–H groups in total. The molecule has 2 rings (SSSR count). The van der Waals surface area contributed by atoms with Crippen molar-refractivity contribution >= 4 is 11.8 Å². The van der Waals surface area contributed by atoms with Crippen LogP contribution in [-0.4, -0.2) is 18.1 Å². The maximum absolute atomic E-state index is 8.70. The summed E-state index contributed by atoms with van der Waals surface area (Å²) in [5, 5.41) is 8.70. The highest BCUT2D eigenvalue weighted by Gasteiger charge is 2.14. The van der Waals surface area contributed by atoms with E-state index < -0.39 is 0 Å². The van der Waals surface area contributed by atoms with Gasteiger partial charge in [0.05, 0.1) is 18.2 Å². The van der Waals surface area contributed by atoms with Crippen molar-refractivity contribution < 1.29 is 4.74 Å². The van der Waals surface area contributed by atoms with E-state index in [-0.39, 0.29) is 0 Å². The van der Waals surface area contributed by atoms with Gasteiger partial charge in [-0.3, -0.25) is 0 Å². The number of hydrogen-bond donors (Lipinski definition) is 0. The zero-order valence-corrected chi connectivity index (χ0v) is 12.1. The zero-order valence-electron chi connectivity index (χ0n) is 11.3. The van der Waals surface area contributed by atoms with Crippen molar-refractivity contribution in [1.29, 1.82) is 5.26 Å². The molecule has 0 unspecified atom stereocenters. The Morgan fingerprint density at radius 2 is 1.95 bits per heavy atom. The molecule has 0 heterocycles. The Bertz CT molecular complexity index is 404. The number of rotatable bonds is 7. The van der Waals surface area contributed by atoms with Crippen molar-refractivity contribution in [2.45, 2.75) is 32.1 Å². The first-order valence-corrected chi connectivity index (χ1v) is 8.24. The molecule has 1 fully saturated rings. The van der Waals surface area contributed by atoms with E-state index in [0.717, 1.165) is 24.7 Å². The summed E-state index contributed by atoms with van der Waals surface area (Å²) >= 11 is 2.07. The third kappa shape index (κ3) is 5.16. The third-order valence-corrected chi connectivity index (χ3v) is 4.80. The van der Waals surface area contributed by atoms with Gasteiger partial charge in [0.15, 0.2) is 0 Å². The second-order valence-corrected chi connectivity index (χ2v) is 6.21. The molecule has 0 saturated heterocycles. The zero-order chi connectivity index (χ0) is 13.3. The molecule has 0 atom stereocenters. The van der Waals surface area contributed by atoms with E-state index in [1.165, 1.54) is 37.2 Å². The molecule has 1 aliphatic rings. The van der Waals surface area contributed by atoms with Crippen molar-refractivity contribution in [3.63, 3.8) is 0 Å². The third-order valence-electron chi connectivity index (χ3n) is 3.51. The van der Waals surface area contributed by atoms with Gasteiger partial charge in [0.2, 0.25) is 0 Å². The summed E-state index contributed by atoms with van der Waals surface area (Å²) in [5.74, 6) is 4.35. The van der Waals surface area contributed by atoms with Crippen LogP contribution in [0.2, 0.25) is 0 Å². The highest BCUT2D eigenvalue weighted by molar-refractivity contribution is 7.99.